The number of hydrogen-bond acceptors (Lipinski definition) is 6. The molecule has 8 nitrogen and oxygen atoms in total. The van der Waals surface area contributed by atoms with Gasteiger partial charge in [0, 0.05) is 18.9 Å². The van der Waals surface area contributed by atoms with Gasteiger partial charge in [-0.25, -0.2) is 28.1 Å². The molecule has 2 heterocycles. The van der Waals surface area contributed by atoms with Gasteiger partial charge in [-0.05, 0) is 6.92 Å². The molecule has 0 saturated carbocycles. The Morgan fingerprint density at radius 1 is 1.28 bits per heavy atom. The van der Waals surface area contributed by atoms with E-state index in [1.165, 1.54) is 24.8 Å². The van der Waals surface area contributed by atoms with Crippen molar-refractivity contribution in [3.05, 3.63) is 24.8 Å². The van der Waals surface area contributed by atoms with E-state index in [4.69, 9.17) is 0 Å². The van der Waals surface area contributed by atoms with Crippen molar-refractivity contribution >= 4 is 21.9 Å². The van der Waals surface area contributed by atoms with E-state index in [0.717, 1.165) is 0 Å². The highest BCUT2D eigenvalue weighted by molar-refractivity contribution is 7.92. The Kier molecular flexibility index (Phi) is 3.42. The lowest BCUT2D eigenvalue weighted by atomic mass is 10.6. The van der Waals surface area contributed by atoms with Crippen LogP contribution in [0.25, 0.3) is 0 Å². The summed E-state index contributed by atoms with van der Waals surface area (Å²) in [6.45, 7) is 2.56. The van der Waals surface area contributed by atoms with Gasteiger partial charge in [-0.15, -0.1) is 0 Å². The van der Waals surface area contributed by atoms with Gasteiger partial charge < -0.3 is 10.3 Å². The Morgan fingerprint density at radius 2 is 2.00 bits per heavy atom. The Morgan fingerprint density at radius 3 is 2.56 bits per heavy atom. The number of hydrogen-bond donors (Lipinski definition) is 3. The Hall–Kier alpha value is -2.16. The number of H-pyrrole nitrogens is 1. The third-order valence-corrected chi connectivity index (χ3v) is 3.30. The fourth-order valence-corrected chi connectivity index (χ4v) is 2.08. The molecule has 2 aromatic rings. The van der Waals surface area contributed by atoms with Crippen LogP contribution in [0.4, 0.5) is 11.9 Å². The number of nitrogens with zero attached hydrogens (tertiary/aromatic N) is 3. The minimum absolute atomic E-state index is 0.0273. The summed E-state index contributed by atoms with van der Waals surface area (Å²) in [6, 6.07) is 0. The molecular formula is C9H12N6O2S. The number of rotatable bonds is 5. The second-order valence-corrected chi connectivity index (χ2v) is 5.00. The molecule has 0 fully saturated rings. The first kappa shape index (κ1) is 12.3. The normalized spacial score (nSPS) is 11.2. The molecule has 9 heteroatoms. The summed E-state index contributed by atoms with van der Waals surface area (Å²) in [5, 5.41) is 2.88. The van der Waals surface area contributed by atoms with E-state index in [0.29, 0.717) is 12.5 Å². The van der Waals surface area contributed by atoms with Gasteiger partial charge in [-0.1, -0.05) is 0 Å². The minimum Gasteiger partial charge on any atom is -0.355 e. The predicted molar refractivity (Wildman–Crippen MR) is 65.6 cm³/mol. The molecule has 0 saturated heterocycles. The van der Waals surface area contributed by atoms with Crippen LogP contribution in [0, 0.1) is 0 Å². The molecule has 3 N–H and O–H groups in total. The van der Waals surface area contributed by atoms with Gasteiger partial charge >= 0.3 is 0 Å². The van der Waals surface area contributed by atoms with Gasteiger partial charge in [0.1, 0.15) is 4.90 Å². The van der Waals surface area contributed by atoms with Crippen LogP contribution in [0.15, 0.2) is 29.7 Å². The lowest BCUT2D eigenvalue weighted by Gasteiger charge is -2.05. The van der Waals surface area contributed by atoms with E-state index < -0.39 is 10.0 Å². The van der Waals surface area contributed by atoms with Crippen molar-refractivity contribution in [2.75, 3.05) is 16.6 Å². The third kappa shape index (κ3) is 2.74. The standard InChI is InChI=1S/C9H12N6O2S/c1-2-10-8-13-5-7(6-14-8)18(16,17)15-9-11-3-4-12-9/h3-6H,2H2,1H3,(H,10,13,14)(H2,11,12,15). The van der Waals surface area contributed by atoms with Gasteiger partial charge in [0.15, 0.2) is 0 Å². The van der Waals surface area contributed by atoms with Crippen molar-refractivity contribution in [1.29, 1.82) is 0 Å². The lowest BCUT2D eigenvalue weighted by Crippen LogP contribution is -2.15. The third-order valence-electron chi connectivity index (χ3n) is 2.00. The fourth-order valence-electron chi connectivity index (χ4n) is 1.21. The van der Waals surface area contributed by atoms with Gasteiger partial charge in [-0.2, -0.15) is 0 Å². The summed E-state index contributed by atoms with van der Waals surface area (Å²) in [6.07, 6.45) is 5.43. The zero-order valence-electron chi connectivity index (χ0n) is 9.58. The van der Waals surface area contributed by atoms with Crippen LogP contribution in [-0.2, 0) is 10.0 Å². The zero-order chi connectivity index (χ0) is 13.0. The number of aromatic nitrogens is 4. The first-order valence-corrected chi connectivity index (χ1v) is 6.68. The van der Waals surface area contributed by atoms with Gasteiger partial charge in [0.05, 0.1) is 12.4 Å². The molecule has 0 aromatic carbocycles. The number of imidazole rings is 1. The Bertz CT molecular complexity index is 592. The largest absolute Gasteiger partial charge is 0.355 e. The Balaban J connectivity index is 2.19. The quantitative estimate of drug-likeness (QED) is 0.725. The Labute approximate surface area is 104 Å². The molecule has 96 valence electrons. The molecule has 0 radical (unpaired) electrons. The SMILES string of the molecule is CCNc1ncc(S(=O)(=O)Nc2ncc[nH]2)cn1. The average Bonchev–Trinajstić information content (AvgIpc) is 2.82. The maximum Gasteiger partial charge on any atom is 0.267 e. The highest BCUT2D eigenvalue weighted by Crippen LogP contribution is 2.11. The van der Waals surface area contributed by atoms with E-state index in [-0.39, 0.29) is 10.8 Å². The molecule has 2 aromatic heterocycles. The van der Waals surface area contributed by atoms with Crippen molar-refractivity contribution in [3.8, 4) is 0 Å². The van der Waals surface area contributed by atoms with Crippen LogP contribution in [0.1, 0.15) is 6.92 Å². The topological polar surface area (TPSA) is 113 Å². The summed E-state index contributed by atoms with van der Waals surface area (Å²) in [5.74, 6) is 0.528. The zero-order valence-corrected chi connectivity index (χ0v) is 10.4. The van der Waals surface area contributed by atoms with Crippen molar-refractivity contribution in [2.24, 2.45) is 0 Å². The molecular weight excluding hydrogens is 256 g/mol. The highest BCUT2D eigenvalue weighted by Gasteiger charge is 2.16. The second-order valence-electron chi connectivity index (χ2n) is 3.32. The van der Waals surface area contributed by atoms with Gasteiger partial charge in [0.2, 0.25) is 11.9 Å². The van der Waals surface area contributed by atoms with Crippen LogP contribution >= 0.6 is 0 Å². The van der Waals surface area contributed by atoms with Crippen molar-refractivity contribution < 1.29 is 8.42 Å². The van der Waals surface area contributed by atoms with Crippen molar-refractivity contribution in [1.82, 2.24) is 19.9 Å². The van der Waals surface area contributed by atoms with Crippen LogP contribution in [0.2, 0.25) is 0 Å². The highest BCUT2D eigenvalue weighted by atomic mass is 32.2. The first-order valence-electron chi connectivity index (χ1n) is 5.20. The first-order chi connectivity index (χ1) is 8.62. The molecule has 0 bridgehead atoms. The molecule has 0 spiro atoms. The summed E-state index contributed by atoms with van der Waals surface area (Å²) in [4.78, 5) is 14.2. The second kappa shape index (κ2) is 5.00. The summed E-state index contributed by atoms with van der Waals surface area (Å²) >= 11 is 0. The molecule has 2 rings (SSSR count). The number of aromatic amines is 1. The van der Waals surface area contributed by atoms with E-state index >= 15 is 0 Å². The van der Waals surface area contributed by atoms with Crippen LogP contribution < -0.4 is 10.0 Å². The van der Waals surface area contributed by atoms with E-state index in [1.54, 1.807) is 0 Å². The predicted octanol–water partition coefficient (Wildman–Crippen LogP) is 0.432. The fraction of sp³-hybridized carbons (Fsp3) is 0.222. The number of nitrogens with one attached hydrogen (secondary N) is 3. The molecule has 0 aliphatic rings. The van der Waals surface area contributed by atoms with Crippen molar-refractivity contribution in [3.63, 3.8) is 0 Å². The monoisotopic (exact) mass is 268 g/mol. The van der Waals surface area contributed by atoms with E-state index in [2.05, 4.69) is 30.0 Å². The van der Waals surface area contributed by atoms with Crippen LogP contribution in [0.5, 0.6) is 0 Å². The maximum atomic E-state index is 11.9. The van der Waals surface area contributed by atoms with Crippen LogP contribution in [-0.4, -0.2) is 34.9 Å². The van der Waals surface area contributed by atoms with Crippen LogP contribution in [0.3, 0.4) is 0 Å². The number of sulfonamides is 1. The molecule has 0 atom stereocenters. The lowest BCUT2D eigenvalue weighted by molar-refractivity contribution is 0.600. The summed E-state index contributed by atoms with van der Waals surface area (Å²) in [7, 11) is -3.71. The molecule has 0 aliphatic heterocycles. The van der Waals surface area contributed by atoms with E-state index in [9.17, 15) is 8.42 Å². The number of anilines is 2. The average molecular weight is 268 g/mol. The minimum atomic E-state index is -3.71. The summed E-state index contributed by atoms with van der Waals surface area (Å²) < 4.78 is 26.1. The van der Waals surface area contributed by atoms with Gasteiger partial charge in [-0.3, -0.25) is 0 Å². The molecule has 0 aliphatic carbocycles. The van der Waals surface area contributed by atoms with E-state index in [1.807, 2.05) is 6.92 Å². The molecule has 0 amide bonds. The summed E-state index contributed by atoms with van der Waals surface area (Å²) in [5.41, 5.74) is 0. The molecule has 0 unspecified atom stereocenters. The van der Waals surface area contributed by atoms with Gasteiger partial charge in [0.25, 0.3) is 10.0 Å². The van der Waals surface area contributed by atoms with Crippen molar-refractivity contribution in [2.45, 2.75) is 11.8 Å². The maximum absolute atomic E-state index is 11.9. The smallest absolute Gasteiger partial charge is 0.267 e. The molecule has 18 heavy (non-hydrogen) atoms.